The number of benzene rings is 1. The van der Waals surface area contributed by atoms with Crippen molar-refractivity contribution in [1.82, 2.24) is 10.2 Å². The Kier molecular flexibility index (Phi) is 10.8. The lowest BCUT2D eigenvalue weighted by Crippen LogP contribution is -2.48. The normalized spacial score (nSPS) is 17.6. The Morgan fingerprint density at radius 2 is 2.00 bits per heavy atom. The summed E-state index contributed by atoms with van der Waals surface area (Å²) in [5.41, 5.74) is 0. The highest BCUT2D eigenvalue weighted by Gasteiger charge is 2.28. The number of ether oxygens (including phenoxy) is 1. The van der Waals surface area contributed by atoms with Gasteiger partial charge in [-0.2, -0.15) is 0 Å². The Balaban J connectivity index is 0.00000392. The molecule has 0 bridgehead atoms. The van der Waals surface area contributed by atoms with Gasteiger partial charge in [-0.25, -0.2) is 8.42 Å². The fourth-order valence-corrected chi connectivity index (χ4v) is 4.20. The molecule has 0 spiro atoms. The van der Waals surface area contributed by atoms with Crippen LogP contribution in [-0.2, 0) is 19.4 Å². The van der Waals surface area contributed by atoms with Crippen LogP contribution in [0.5, 0.6) is 0 Å². The predicted molar refractivity (Wildman–Crippen MR) is 121 cm³/mol. The van der Waals surface area contributed by atoms with Gasteiger partial charge < -0.3 is 15.0 Å². The van der Waals surface area contributed by atoms with Crippen molar-refractivity contribution >= 4 is 45.7 Å². The van der Waals surface area contributed by atoms with Gasteiger partial charge in [-0.15, -0.1) is 24.0 Å². The van der Waals surface area contributed by atoms with Crippen molar-refractivity contribution in [2.24, 2.45) is 10.9 Å². The van der Waals surface area contributed by atoms with Crippen LogP contribution in [0.1, 0.15) is 26.7 Å². The number of hydrogen-bond donors (Lipinski definition) is 1. The number of carbonyl (C=O) groups excluding carboxylic acids is 1. The van der Waals surface area contributed by atoms with Gasteiger partial charge in [0.05, 0.1) is 29.7 Å². The SMILES string of the molecule is CCNC(=NCCS(=O)(=O)c1ccccc1)N1CCCC(C(=O)OCC)C1.I. The molecule has 0 saturated carbocycles. The van der Waals surface area contributed by atoms with Gasteiger partial charge in [-0.3, -0.25) is 9.79 Å². The molecule has 1 aromatic rings. The van der Waals surface area contributed by atoms with E-state index in [9.17, 15) is 13.2 Å². The number of likely N-dealkylation sites (tertiary alicyclic amines) is 1. The van der Waals surface area contributed by atoms with Crippen molar-refractivity contribution in [3.05, 3.63) is 30.3 Å². The molecule has 1 saturated heterocycles. The van der Waals surface area contributed by atoms with Crippen LogP contribution in [0.3, 0.4) is 0 Å². The summed E-state index contributed by atoms with van der Waals surface area (Å²) in [5.74, 6) is 0.246. The van der Waals surface area contributed by atoms with Gasteiger partial charge in [0.2, 0.25) is 0 Å². The zero-order valence-corrected chi connectivity index (χ0v) is 19.6. The van der Waals surface area contributed by atoms with E-state index in [0.29, 0.717) is 30.6 Å². The molecule has 0 amide bonds. The van der Waals surface area contributed by atoms with E-state index < -0.39 is 9.84 Å². The number of halogens is 1. The van der Waals surface area contributed by atoms with Crippen LogP contribution in [0.15, 0.2) is 40.2 Å². The van der Waals surface area contributed by atoms with Gasteiger partial charge >= 0.3 is 5.97 Å². The maximum Gasteiger partial charge on any atom is 0.310 e. The molecule has 9 heteroatoms. The Morgan fingerprint density at radius 3 is 2.64 bits per heavy atom. The molecule has 1 aliphatic heterocycles. The minimum atomic E-state index is -3.36. The van der Waals surface area contributed by atoms with E-state index in [4.69, 9.17) is 4.74 Å². The molecule has 1 atom stereocenters. The zero-order valence-electron chi connectivity index (χ0n) is 16.5. The Bertz CT molecular complexity index is 741. The lowest BCUT2D eigenvalue weighted by atomic mass is 9.98. The highest BCUT2D eigenvalue weighted by molar-refractivity contribution is 14.0. The Labute approximate surface area is 184 Å². The third-order valence-electron chi connectivity index (χ3n) is 4.40. The smallest absolute Gasteiger partial charge is 0.310 e. The highest BCUT2D eigenvalue weighted by atomic mass is 127. The van der Waals surface area contributed by atoms with Crippen molar-refractivity contribution in [3.8, 4) is 0 Å². The fraction of sp³-hybridized carbons (Fsp3) is 0.579. The van der Waals surface area contributed by atoms with Gasteiger partial charge in [0, 0.05) is 19.6 Å². The van der Waals surface area contributed by atoms with Gasteiger partial charge in [-0.1, -0.05) is 18.2 Å². The third kappa shape index (κ3) is 7.23. The molecule has 1 unspecified atom stereocenters. The molecule has 158 valence electrons. The molecule has 1 heterocycles. The molecular formula is C19H30IN3O4S. The van der Waals surface area contributed by atoms with Crippen LogP contribution in [0, 0.1) is 5.92 Å². The van der Waals surface area contributed by atoms with E-state index >= 15 is 0 Å². The molecule has 0 radical (unpaired) electrons. The van der Waals surface area contributed by atoms with Crippen LogP contribution in [0.2, 0.25) is 0 Å². The number of esters is 1. The second-order valence-corrected chi connectivity index (χ2v) is 8.51. The monoisotopic (exact) mass is 523 g/mol. The Morgan fingerprint density at radius 1 is 1.29 bits per heavy atom. The van der Waals surface area contributed by atoms with Crippen molar-refractivity contribution in [2.45, 2.75) is 31.6 Å². The fourth-order valence-electron chi connectivity index (χ4n) is 3.07. The second kappa shape index (κ2) is 12.3. The van der Waals surface area contributed by atoms with Gasteiger partial charge in [0.15, 0.2) is 15.8 Å². The van der Waals surface area contributed by atoms with E-state index in [-0.39, 0.29) is 48.2 Å². The third-order valence-corrected chi connectivity index (χ3v) is 6.11. The summed E-state index contributed by atoms with van der Waals surface area (Å²) in [7, 11) is -3.36. The first-order chi connectivity index (χ1) is 13.0. The summed E-state index contributed by atoms with van der Waals surface area (Å²) in [6.45, 7) is 6.30. The average molecular weight is 523 g/mol. The molecule has 1 fully saturated rings. The average Bonchev–Trinajstić information content (AvgIpc) is 2.68. The first kappa shape index (κ1) is 24.7. The molecule has 7 nitrogen and oxygen atoms in total. The topological polar surface area (TPSA) is 88.1 Å². The van der Waals surface area contributed by atoms with Crippen LogP contribution in [-0.4, -0.2) is 63.8 Å². The molecule has 2 rings (SSSR count). The minimum Gasteiger partial charge on any atom is -0.466 e. The van der Waals surface area contributed by atoms with Crippen molar-refractivity contribution < 1.29 is 17.9 Å². The molecule has 0 aliphatic carbocycles. The first-order valence-electron chi connectivity index (χ1n) is 9.45. The first-order valence-corrected chi connectivity index (χ1v) is 11.1. The molecule has 1 aromatic carbocycles. The lowest BCUT2D eigenvalue weighted by molar-refractivity contribution is -0.149. The van der Waals surface area contributed by atoms with Crippen molar-refractivity contribution in [1.29, 1.82) is 0 Å². The van der Waals surface area contributed by atoms with E-state index in [0.717, 1.165) is 19.4 Å². The van der Waals surface area contributed by atoms with Crippen molar-refractivity contribution in [2.75, 3.05) is 38.5 Å². The zero-order chi connectivity index (χ0) is 19.7. The number of aliphatic imine (C=N–C) groups is 1. The summed E-state index contributed by atoms with van der Waals surface area (Å²) < 4.78 is 29.9. The predicted octanol–water partition coefficient (Wildman–Crippen LogP) is 2.32. The van der Waals surface area contributed by atoms with Crippen LogP contribution in [0.25, 0.3) is 0 Å². The summed E-state index contributed by atoms with van der Waals surface area (Å²) in [4.78, 5) is 18.9. The molecule has 0 aromatic heterocycles. The lowest BCUT2D eigenvalue weighted by Gasteiger charge is -2.34. The van der Waals surface area contributed by atoms with Crippen LogP contribution in [0.4, 0.5) is 0 Å². The van der Waals surface area contributed by atoms with E-state index in [1.807, 2.05) is 11.8 Å². The Hall–Kier alpha value is -1.36. The summed E-state index contributed by atoms with van der Waals surface area (Å²) in [6, 6.07) is 8.40. The van der Waals surface area contributed by atoms with Crippen LogP contribution < -0.4 is 5.32 Å². The van der Waals surface area contributed by atoms with Crippen LogP contribution >= 0.6 is 24.0 Å². The number of nitrogens with one attached hydrogen (secondary N) is 1. The summed E-state index contributed by atoms with van der Waals surface area (Å²) in [5, 5.41) is 3.20. The number of carbonyl (C=O) groups is 1. The number of piperidine rings is 1. The van der Waals surface area contributed by atoms with Gasteiger partial charge in [0.1, 0.15) is 0 Å². The number of rotatable bonds is 7. The number of hydrogen-bond acceptors (Lipinski definition) is 5. The molecule has 1 aliphatic rings. The molecular weight excluding hydrogens is 493 g/mol. The molecule has 1 N–H and O–H groups in total. The number of nitrogens with zero attached hydrogens (tertiary/aromatic N) is 2. The molecule has 28 heavy (non-hydrogen) atoms. The van der Waals surface area contributed by atoms with Gasteiger partial charge in [-0.05, 0) is 38.8 Å². The summed E-state index contributed by atoms with van der Waals surface area (Å²) >= 11 is 0. The van der Waals surface area contributed by atoms with Crippen molar-refractivity contribution in [3.63, 3.8) is 0 Å². The van der Waals surface area contributed by atoms with E-state index in [2.05, 4.69) is 10.3 Å². The number of guanidine groups is 1. The van der Waals surface area contributed by atoms with Gasteiger partial charge in [0.25, 0.3) is 0 Å². The largest absolute Gasteiger partial charge is 0.466 e. The standard InChI is InChI=1S/C19H29N3O4S.HI/c1-3-20-19(22-13-8-9-16(15-22)18(23)26-4-2)21-12-14-27(24,25)17-10-6-5-7-11-17;/h5-7,10-11,16H,3-4,8-9,12-15H2,1-2H3,(H,20,21);1H. The number of sulfone groups is 1. The van der Waals surface area contributed by atoms with E-state index in [1.165, 1.54) is 0 Å². The second-order valence-electron chi connectivity index (χ2n) is 6.40. The summed E-state index contributed by atoms with van der Waals surface area (Å²) in [6.07, 6.45) is 1.67. The quantitative estimate of drug-likeness (QED) is 0.256. The maximum absolute atomic E-state index is 12.4. The minimum absolute atomic E-state index is 0. The maximum atomic E-state index is 12.4. The van der Waals surface area contributed by atoms with E-state index in [1.54, 1.807) is 37.3 Å². The highest BCUT2D eigenvalue weighted by Crippen LogP contribution is 2.18.